The molecule has 170 valence electrons. The van der Waals surface area contributed by atoms with Crippen molar-refractivity contribution < 1.29 is 14.3 Å². The maximum absolute atomic E-state index is 13.9. The number of aliphatic carboxylic acids is 1. The number of aromatic nitrogens is 2. The minimum absolute atomic E-state index is 0.310. The SMILES string of the molecule is O=C(O)C=Cc1ccc(C(=C(c2ccc(F)cc2Cl)C2CCC2)c2ccc3[nH]ncc3c2)cc1. The van der Waals surface area contributed by atoms with Crippen LogP contribution in [0.4, 0.5) is 4.39 Å². The number of carboxylic acid groups (broad SMARTS) is 1. The smallest absolute Gasteiger partial charge is 0.328 e. The normalized spacial score (nSPS) is 14.9. The molecule has 5 rings (SSSR count). The monoisotopic (exact) mass is 472 g/mol. The number of carbonyl (C=O) groups is 1. The Hall–Kier alpha value is -3.70. The molecule has 0 saturated heterocycles. The van der Waals surface area contributed by atoms with Gasteiger partial charge in [0.25, 0.3) is 0 Å². The van der Waals surface area contributed by atoms with Gasteiger partial charge in [-0.15, -0.1) is 0 Å². The molecule has 0 unspecified atom stereocenters. The molecule has 0 bridgehead atoms. The number of allylic oxidation sites excluding steroid dienone is 1. The van der Waals surface area contributed by atoms with E-state index in [1.807, 2.05) is 30.3 Å². The molecular formula is C28H22ClFN2O2. The zero-order valence-corrected chi connectivity index (χ0v) is 19.0. The van der Waals surface area contributed by atoms with E-state index in [-0.39, 0.29) is 5.82 Å². The van der Waals surface area contributed by atoms with Gasteiger partial charge in [-0.25, -0.2) is 9.18 Å². The van der Waals surface area contributed by atoms with Gasteiger partial charge in [-0.3, -0.25) is 5.10 Å². The predicted molar refractivity (Wildman–Crippen MR) is 134 cm³/mol. The average molecular weight is 473 g/mol. The molecule has 1 heterocycles. The molecule has 0 spiro atoms. The van der Waals surface area contributed by atoms with Crippen molar-refractivity contribution in [2.24, 2.45) is 5.92 Å². The maximum atomic E-state index is 13.9. The number of fused-ring (bicyclic) bond motifs is 1. The third-order valence-corrected chi connectivity index (χ3v) is 6.66. The van der Waals surface area contributed by atoms with E-state index in [0.717, 1.165) is 69.6 Å². The molecular weight excluding hydrogens is 451 g/mol. The zero-order chi connectivity index (χ0) is 23.7. The number of nitrogens with one attached hydrogen (secondary N) is 1. The number of H-pyrrole nitrogens is 1. The van der Waals surface area contributed by atoms with E-state index in [1.165, 1.54) is 12.1 Å². The summed E-state index contributed by atoms with van der Waals surface area (Å²) in [6.45, 7) is 0. The van der Waals surface area contributed by atoms with Crippen LogP contribution < -0.4 is 0 Å². The fraction of sp³-hybridized carbons (Fsp3) is 0.143. The van der Waals surface area contributed by atoms with Gasteiger partial charge in [0.15, 0.2) is 0 Å². The fourth-order valence-electron chi connectivity index (χ4n) is 4.47. The summed E-state index contributed by atoms with van der Waals surface area (Å²) in [4.78, 5) is 10.9. The highest BCUT2D eigenvalue weighted by atomic mass is 35.5. The average Bonchev–Trinajstić information content (AvgIpc) is 3.25. The second kappa shape index (κ2) is 9.27. The van der Waals surface area contributed by atoms with Crippen molar-refractivity contribution in [2.45, 2.75) is 19.3 Å². The van der Waals surface area contributed by atoms with E-state index in [1.54, 1.807) is 18.3 Å². The first-order valence-electron chi connectivity index (χ1n) is 11.1. The van der Waals surface area contributed by atoms with Crippen molar-refractivity contribution >= 4 is 45.7 Å². The van der Waals surface area contributed by atoms with E-state index in [0.29, 0.717) is 10.9 Å². The van der Waals surface area contributed by atoms with Crippen LogP contribution in [0.25, 0.3) is 28.1 Å². The van der Waals surface area contributed by atoms with Crippen LogP contribution in [0.15, 0.2) is 72.9 Å². The van der Waals surface area contributed by atoms with E-state index in [4.69, 9.17) is 16.7 Å². The quantitative estimate of drug-likeness (QED) is 0.230. The summed E-state index contributed by atoms with van der Waals surface area (Å²) in [6, 6.07) is 18.5. The zero-order valence-electron chi connectivity index (χ0n) is 18.3. The highest BCUT2D eigenvalue weighted by Gasteiger charge is 2.28. The number of halogens is 2. The van der Waals surface area contributed by atoms with Crippen molar-refractivity contribution in [1.82, 2.24) is 10.2 Å². The summed E-state index contributed by atoms with van der Waals surface area (Å²) in [5.74, 6) is -1.04. The Bertz CT molecular complexity index is 1430. The fourth-order valence-corrected chi connectivity index (χ4v) is 4.74. The summed E-state index contributed by atoms with van der Waals surface area (Å²) in [5.41, 5.74) is 6.72. The van der Waals surface area contributed by atoms with E-state index < -0.39 is 5.97 Å². The predicted octanol–water partition coefficient (Wildman–Crippen LogP) is 7.21. The van der Waals surface area contributed by atoms with Gasteiger partial charge in [-0.1, -0.05) is 54.4 Å². The van der Waals surface area contributed by atoms with Gasteiger partial charge in [-0.2, -0.15) is 5.10 Å². The van der Waals surface area contributed by atoms with Crippen LogP contribution in [0, 0.1) is 11.7 Å². The summed E-state index contributed by atoms with van der Waals surface area (Å²) in [6.07, 6.45) is 7.71. The molecule has 2 N–H and O–H groups in total. The van der Waals surface area contributed by atoms with Gasteiger partial charge in [0.05, 0.1) is 16.7 Å². The van der Waals surface area contributed by atoms with Crippen molar-refractivity contribution in [3.8, 4) is 0 Å². The van der Waals surface area contributed by atoms with Gasteiger partial charge in [0, 0.05) is 11.5 Å². The molecule has 0 radical (unpaired) electrons. The first-order valence-corrected chi connectivity index (χ1v) is 11.5. The van der Waals surface area contributed by atoms with Gasteiger partial charge in [0.1, 0.15) is 5.82 Å². The van der Waals surface area contributed by atoms with Crippen LogP contribution in [0.1, 0.15) is 41.5 Å². The lowest BCUT2D eigenvalue weighted by Gasteiger charge is -2.32. The molecule has 0 aliphatic heterocycles. The van der Waals surface area contributed by atoms with Crippen LogP contribution in [0.2, 0.25) is 5.02 Å². The third kappa shape index (κ3) is 4.39. The standard InChI is InChI=1S/C28H22ClFN2O2/c29-24-15-22(30)10-11-23(24)28(18-2-1-3-18)27(20-9-12-25-21(14-20)16-31-32-25)19-7-4-17(5-8-19)6-13-26(33)34/h4-16,18H,1-3H2,(H,31,32)(H,33,34). The second-order valence-electron chi connectivity index (χ2n) is 8.51. The molecule has 34 heavy (non-hydrogen) atoms. The Morgan fingerprint density at radius 1 is 1.06 bits per heavy atom. The van der Waals surface area contributed by atoms with E-state index in [2.05, 4.69) is 22.3 Å². The van der Waals surface area contributed by atoms with Crippen LogP contribution in [-0.2, 0) is 4.79 Å². The lowest BCUT2D eigenvalue weighted by Crippen LogP contribution is -2.15. The molecule has 1 aromatic heterocycles. The summed E-state index contributed by atoms with van der Waals surface area (Å²) < 4.78 is 13.9. The van der Waals surface area contributed by atoms with Crippen molar-refractivity contribution in [3.05, 3.63) is 106 Å². The summed E-state index contributed by atoms with van der Waals surface area (Å²) in [5, 5.41) is 17.5. The summed E-state index contributed by atoms with van der Waals surface area (Å²) in [7, 11) is 0. The number of benzene rings is 3. The molecule has 3 aromatic carbocycles. The number of hydrogen-bond donors (Lipinski definition) is 2. The van der Waals surface area contributed by atoms with Crippen molar-refractivity contribution in [2.75, 3.05) is 0 Å². The van der Waals surface area contributed by atoms with Crippen molar-refractivity contribution in [3.63, 3.8) is 0 Å². The number of aromatic amines is 1. The molecule has 4 nitrogen and oxygen atoms in total. The molecule has 1 aliphatic carbocycles. The minimum atomic E-state index is -0.990. The highest BCUT2D eigenvalue weighted by Crippen LogP contribution is 2.47. The Morgan fingerprint density at radius 3 is 2.50 bits per heavy atom. The molecule has 0 atom stereocenters. The topological polar surface area (TPSA) is 66.0 Å². The first kappa shape index (κ1) is 22.1. The largest absolute Gasteiger partial charge is 0.478 e. The molecule has 0 amide bonds. The minimum Gasteiger partial charge on any atom is -0.478 e. The summed E-state index contributed by atoms with van der Waals surface area (Å²) >= 11 is 6.59. The molecule has 1 saturated carbocycles. The van der Waals surface area contributed by atoms with E-state index >= 15 is 0 Å². The molecule has 1 aliphatic rings. The van der Waals surface area contributed by atoms with Gasteiger partial charge in [0.2, 0.25) is 0 Å². The van der Waals surface area contributed by atoms with Gasteiger partial charge in [-0.05, 0) is 82.5 Å². The van der Waals surface area contributed by atoms with Gasteiger partial charge < -0.3 is 5.11 Å². The number of nitrogens with zero attached hydrogens (tertiary/aromatic N) is 1. The molecule has 6 heteroatoms. The lowest BCUT2D eigenvalue weighted by atomic mass is 9.73. The van der Waals surface area contributed by atoms with Crippen LogP contribution in [0.5, 0.6) is 0 Å². The van der Waals surface area contributed by atoms with E-state index in [9.17, 15) is 9.18 Å². The number of carboxylic acids is 1. The Labute approximate surface area is 201 Å². The Morgan fingerprint density at radius 2 is 1.82 bits per heavy atom. The Kier molecular flexibility index (Phi) is 6.03. The highest BCUT2D eigenvalue weighted by molar-refractivity contribution is 6.32. The third-order valence-electron chi connectivity index (χ3n) is 6.35. The Balaban J connectivity index is 1.75. The first-order chi connectivity index (χ1) is 16.5. The van der Waals surface area contributed by atoms with Crippen LogP contribution in [0.3, 0.4) is 0 Å². The van der Waals surface area contributed by atoms with Gasteiger partial charge >= 0.3 is 5.97 Å². The van der Waals surface area contributed by atoms with Crippen LogP contribution >= 0.6 is 11.6 Å². The van der Waals surface area contributed by atoms with Crippen LogP contribution in [-0.4, -0.2) is 21.3 Å². The maximum Gasteiger partial charge on any atom is 0.328 e. The lowest BCUT2D eigenvalue weighted by molar-refractivity contribution is -0.131. The number of rotatable bonds is 6. The molecule has 4 aromatic rings. The number of hydrogen-bond acceptors (Lipinski definition) is 2. The van der Waals surface area contributed by atoms with Crippen molar-refractivity contribution in [1.29, 1.82) is 0 Å². The second-order valence-corrected chi connectivity index (χ2v) is 8.91. The molecule has 1 fully saturated rings.